The number of esters is 4. The Hall–Kier alpha value is -1.94. The predicted molar refractivity (Wildman–Crippen MR) is 391 cm³/mol. The Bertz CT molecular complexity index is 1860. The van der Waals surface area contributed by atoms with Crippen LogP contribution in [0.5, 0.6) is 0 Å². The monoisotopic (exact) mass is 1410 g/mol. The van der Waals surface area contributed by atoms with E-state index in [0.717, 1.165) is 108 Å². The molecule has 0 fully saturated rings. The molecule has 17 nitrogen and oxygen atoms in total. The number of hydrogen-bond donors (Lipinski definition) is 3. The third-order valence-electron chi connectivity index (χ3n) is 18.3. The number of carbonyl (C=O) groups excluding carboxylic acids is 4. The Morgan fingerprint density at radius 1 is 0.302 bits per heavy atom. The third-order valence-corrected chi connectivity index (χ3v) is 20.2. The van der Waals surface area contributed by atoms with Crippen molar-refractivity contribution in [3.8, 4) is 0 Å². The van der Waals surface area contributed by atoms with E-state index in [1.807, 2.05) is 0 Å². The molecule has 0 radical (unpaired) electrons. The summed E-state index contributed by atoms with van der Waals surface area (Å²) in [5, 5.41) is 10.6. The minimum absolute atomic E-state index is 0.106. The van der Waals surface area contributed by atoms with Crippen LogP contribution in [0, 0.1) is 11.8 Å². The molecule has 0 spiro atoms. The summed E-state index contributed by atoms with van der Waals surface area (Å²) in [5.74, 6) is -0.626. The highest BCUT2D eigenvalue weighted by atomic mass is 31.2. The lowest BCUT2D eigenvalue weighted by Gasteiger charge is -2.21. The molecule has 3 unspecified atom stereocenters. The zero-order valence-corrected chi connectivity index (χ0v) is 64.5. The van der Waals surface area contributed by atoms with Gasteiger partial charge in [-0.15, -0.1) is 0 Å². The molecule has 0 aromatic rings. The average Bonchev–Trinajstić information content (AvgIpc) is 1.14. The van der Waals surface area contributed by atoms with Gasteiger partial charge >= 0.3 is 39.5 Å². The smallest absolute Gasteiger partial charge is 0.462 e. The topological polar surface area (TPSA) is 237 Å². The van der Waals surface area contributed by atoms with E-state index in [1.54, 1.807) is 0 Å². The largest absolute Gasteiger partial charge is 0.472 e. The summed E-state index contributed by atoms with van der Waals surface area (Å²) in [6.07, 6.45) is 57.0. The molecule has 0 amide bonds. The first-order valence-corrected chi connectivity index (χ1v) is 43.0. The van der Waals surface area contributed by atoms with Crippen LogP contribution in [0.25, 0.3) is 0 Å². The molecule has 0 aliphatic rings. The fraction of sp³-hybridized carbons (Fsp3) is 0.948. The maximum Gasteiger partial charge on any atom is 0.472 e. The molecule has 0 aromatic carbocycles. The van der Waals surface area contributed by atoms with Crippen molar-refractivity contribution in [2.75, 3.05) is 39.6 Å². The molecule has 0 aromatic heterocycles. The van der Waals surface area contributed by atoms with E-state index in [-0.39, 0.29) is 25.7 Å². The van der Waals surface area contributed by atoms with Crippen LogP contribution in [0.15, 0.2) is 0 Å². The molecule has 0 saturated heterocycles. The van der Waals surface area contributed by atoms with Crippen molar-refractivity contribution in [1.29, 1.82) is 0 Å². The maximum absolute atomic E-state index is 13.1. The fourth-order valence-corrected chi connectivity index (χ4v) is 13.4. The molecule has 96 heavy (non-hydrogen) atoms. The molecule has 0 saturated carbocycles. The van der Waals surface area contributed by atoms with E-state index in [1.165, 1.54) is 212 Å². The van der Waals surface area contributed by atoms with Crippen molar-refractivity contribution in [1.82, 2.24) is 0 Å². The Kier molecular flexibility index (Phi) is 67.4. The van der Waals surface area contributed by atoms with Crippen LogP contribution in [0.4, 0.5) is 0 Å². The zero-order valence-electron chi connectivity index (χ0n) is 62.7. The van der Waals surface area contributed by atoms with Crippen LogP contribution in [-0.2, 0) is 65.4 Å². The van der Waals surface area contributed by atoms with E-state index < -0.39 is 97.5 Å². The lowest BCUT2D eigenvalue weighted by Crippen LogP contribution is -2.30. The Labute approximate surface area is 588 Å². The summed E-state index contributed by atoms with van der Waals surface area (Å²) in [6, 6.07) is 0. The number of phosphoric ester groups is 2. The van der Waals surface area contributed by atoms with Crippen LogP contribution < -0.4 is 0 Å². The van der Waals surface area contributed by atoms with Crippen molar-refractivity contribution in [2.24, 2.45) is 11.8 Å². The van der Waals surface area contributed by atoms with Crippen LogP contribution in [0.2, 0.25) is 0 Å². The van der Waals surface area contributed by atoms with E-state index in [9.17, 15) is 43.2 Å². The second-order valence-electron chi connectivity index (χ2n) is 28.5. The number of hydrogen-bond acceptors (Lipinski definition) is 15. The highest BCUT2D eigenvalue weighted by Crippen LogP contribution is 2.45. The van der Waals surface area contributed by atoms with E-state index in [0.29, 0.717) is 25.7 Å². The first kappa shape index (κ1) is 94.1. The molecule has 0 aliphatic heterocycles. The third kappa shape index (κ3) is 69.2. The lowest BCUT2D eigenvalue weighted by molar-refractivity contribution is -0.161. The standard InChI is InChI=1S/C77H150O17P2/c1-7-10-12-14-16-18-20-22-23-24-25-26-27-28-29-30-32-38-42-50-56-62-77(82)93-72(65-87-74(79)59-53-47-40-36-34-33-35-39-45-51-57-69(4)5)67-91-95(83,84)89-63-71(78)64-90-96(85,86)92-68-73(66-88-75(80)60-54-48-44-43-46-52-58-70(6)9-3)94-76(81)61-55-49-41-37-31-21-19-17-15-13-11-8-2/h69-73,78H,7-68H2,1-6H3,(H,83,84)(H,85,86)/t70?,71-,72-,73-/m1/s1. The second-order valence-corrected chi connectivity index (χ2v) is 31.4. The predicted octanol–water partition coefficient (Wildman–Crippen LogP) is 22.7. The second kappa shape index (κ2) is 68.8. The van der Waals surface area contributed by atoms with Gasteiger partial charge in [0, 0.05) is 25.7 Å². The maximum atomic E-state index is 13.1. The molecule has 19 heteroatoms. The summed E-state index contributed by atoms with van der Waals surface area (Å²) < 4.78 is 68.5. The van der Waals surface area contributed by atoms with Crippen molar-refractivity contribution >= 4 is 39.5 Å². The number of aliphatic hydroxyl groups excluding tert-OH is 1. The molecular weight excluding hydrogens is 1260 g/mol. The number of ether oxygens (including phenoxy) is 4. The lowest BCUT2D eigenvalue weighted by atomic mass is 10.00. The Morgan fingerprint density at radius 2 is 0.531 bits per heavy atom. The highest BCUT2D eigenvalue weighted by molar-refractivity contribution is 7.47. The van der Waals surface area contributed by atoms with Crippen LogP contribution in [0.3, 0.4) is 0 Å². The van der Waals surface area contributed by atoms with E-state index in [4.69, 9.17) is 37.0 Å². The summed E-state index contributed by atoms with van der Waals surface area (Å²) in [4.78, 5) is 72.8. The number of rotatable bonds is 76. The summed E-state index contributed by atoms with van der Waals surface area (Å²) in [6.45, 7) is 9.55. The van der Waals surface area contributed by atoms with Gasteiger partial charge in [-0.25, -0.2) is 9.13 Å². The van der Waals surface area contributed by atoms with Crippen molar-refractivity contribution in [3.63, 3.8) is 0 Å². The van der Waals surface area contributed by atoms with Gasteiger partial charge in [-0.05, 0) is 37.5 Å². The molecule has 0 heterocycles. The molecule has 0 bridgehead atoms. The number of aliphatic hydroxyl groups is 1. The molecule has 0 rings (SSSR count). The van der Waals surface area contributed by atoms with Gasteiger partial charge in [0.25, 0.3) is 0 Å². The average molecular weight is 1410 g/mol. The van der Waals surface area contributed by atoms with Gasteiger partial charge in [0.1, 0.15) is 19.3 Å². The number of unbranched alkanes of at least 4 members (excludes halogenated alkanes) is 45. The van der Waals surface area contributed by atoms with Gasteiger partial charge < -0.3 is 33.8 Å². The Morgan fingerprint density at radius 3 is 0.792 bits per heavy atom. The normalized spacial score (nSPS) is 14.3. The first-order chi connectivity index (χ1) is 46.4. The minimum Gasteiger partial charge on any atom is -0.462 e. The summed E-state index contributed by atoms with van der Waals surface area (Å²) >= 11 is 0. The first-order valence-electron chi connectivity index (χ1n) is 40.0. The van der Waals surface area contributed by atoms with Crippen molar-refractivity contribution < 1.29 is 80.2 Å². The fourth-order valence-electron chi connectivity index (χ4n) is 11.8. The molecular formula is C77H150O17P2. The quantitative estimate of drug-likeness (QED) is 0.0222. The van der Waals surface area contributed by atoms with Crippen LogP contribution in [0.1, 0.15) is 401 Å². The Balaban J connectivity index is 5.20. The molecule has 0 aliphatic carbocycles. The highest BCUT2D eigenvalue weighted by Gasteiger charge is 2.30. The van der Waals surface area contributed by atoms with Gasteiger partial charge in [0.05, 0.1) is 26.4 Å². The zero-order chi connectivity index (χ0) is 70.7. The van der Waals surface area contributed by atoms with Gasteiger partial charge in [-0.2, -0.15) is 0 Å². The minimum atomic E-state index is -4.96. The van der Waals surface area contributed by atoms with Gasteiger partial charge in [0.15, 0.2) is 12.2 Å². The van der Waals surface area contributed by atoms with Crippen LogP contribution in [-0.4, -0.2) is 96.7 Å². The number of phosphoric acid groups is 2. The van der Waals surface area contributed by atoms with Gasteiger partial charge in [-0.1, -0.05) is 350 Å². The van der Waals surface area contributed by atoms with E-state index >= 15 is 0 Å². The van der Waals surface area contributed by atoms with Gasteiger partial charge in [0.2, 0.25) is 0 Å². The molecule has 570 valence electrons. The number of carbonyl (C=O) groups is 4. The van der Waals surface area contributed by atoms with E-state index in [2.05, 4.69) is 41.5 Å². The van der Waals surface area contributed by atoms with Crippen LogP contribution >= 0.6 is 15.6 Å². The SMILES string of the molecule is CCCCCCCCCCCCCCCCCCCCCCCC(=O)O[C@H](COC(=O)CCCCCCCCCCCCC(C)C)COP(=O)(O)OC[C@@H](O)COP(=O)(O)OC[C@@H](COC(=O)CCCCCCCCC(C)CC)OC(=O)CCCCCCCCCCCCCC. The molecule has 6 atom stereocenters. The van der Waals surface area contributed by atoms with Crippen molar-refractivity contribution in [3.05, 3.63) is 0 Å². The molecule has 3 N–H and O–H groups in total. The van der Waals surface area contributed by atoms with Crippen molar-refractivity contribution in [2.45, 2.75) is 419 Å². The summed E-state index contributed by atoms with van der Waals surface area (Å²) in [5.41, 5.74) is 0. The van der Waals surface area contributed by atoms with Gasteiger partial charge in [-0.3, -0.25) is 37.3 Å². The summed E-state index contributed by atoms with van der Waals surface area (Å²) in [7, 11) is -9.91.